The van der Waals surface area contributed by atoms with Crippen LogP contribution < -0.4 is 10.1 Å². The lowest BCUT2D eigenvalue weighted by Gasteiger charge is -2.11. The Bertz CT molecular complexity index is 1430. The first-order valence-electron chi connectivity index (χ1n) is 11.1. The quantitative estimate of drug-likeness (QED) is 0.322. The Kier molecular flexibility index (Phi) is 6.59. The topological polar surface area (TPSA) is 74.0 Å². The number of carbonyl (C=O) groups is 1. The second-order valence-electron chi connectivity index (χ2n) is 7.75. The first-order valence-corrected chi connectivity index (χ1v) is 11.4. The Morgan fingerprint density at radius 2 is 1.63 bits per heavy atom. The van der Waals surface area contributed by atoms with Crippen LogP contribution in [0.5, 0.6) is 5.75 Å². The number of amides is 1. The molecule has 0 saturated heterocycles. The van der Waals surface area contributed by atoms with Gasteiger partial charge in [-0.1, -0.05) is 72.3 Å². The van der Waals surface area contributed by atoms with E-state index >= 15 is 0 Å². The van der Waals surface area contributed by atoms with Crippen LogP contribution in [0.4, 0.5) is 0 Å². The van der Waals surface area contributed by atoms with Crippen molar-refractivity contribution in [2.75, 3.05) is 0 Å². The van der Waals surface area contributed by atoms with Crippen LogP contribution in [0.1, 0.15) is 16.1 Å². The number of nitrogens with one attached hydrogen (secondary N) is 1. The molecular formula is C27H22ClN5O2. The molecule has 2 aromatic heterocycles. The van der Waals surface area contributed by atoms with E-state index in [1.54, 1.807) is 24.4 Å². The maximum atomic E-state index is 13.0. The molecule has 0 saturated carbocycles. The summed E-state index contributed by atoms with van der Waals surface area (Å²) in [4.78, 5) is 13.0. The highest BCUT2D eigenvalue weighted by atomic mass is 35.5. The van der Waals surface area contributed by atoms with Crippen LogP contribution in [0.25, 0.3) is 16.9 Å². The molecule has 1 amide bonds. The monoisotopic (exact) mass is 483 g/mol. The van der Waals surface area contributed by atoms with E-state index in [-0.39, 0.29) is 12.6 Å². The van der Waals surface area contributed by atoms with Gasteiger partial charge < -0.3 is 10.1 Å². The summed E-state index contributed by atoms with van der Waals surface area (Å²) in [5.74, 6) is 0.258. The molecule has 0 atom stereocenters. The first-order chi connectivity index (χ1) is 17.2. The predicted molar refractivity (Wildman–Crippen MR) is 134 cm³/mol. The van der Waals surface area contributed by atoms with Crippen molar-refractivity contribution in [3.05, 3.63) is 120 Å². The van der Waals surface area contributed by atoms with Crippen LogP contribution in [-0.2, 0) is 13.3 Å². The smallest absolute Gasteiger partial charge is 0.269 e. The lowest BCUT2D eigenvalue weighted by molar-refractivity contribution is 0.0929. The van der Waals surface area contributed by atoms with E-state index < -0.39 is 0 Å². The lowest BCUT2D eigenvalue weighted by Crippen LogP contribution is -2.26. The zero-order valence-corrected chi connectivity index (χ0v) is 19.5. The van der Waals surface area contributed by atoms with Gasteiger partial charge in [0.25, 0.3) is 5.91 Å². The van der Waals surface area contributed by atoms with E-state index in [0.29, 0.717) is 23.0 Å². The molecule has 5 rings (SSSR count). The minimum absolute atomic E-state index is 0.0562. The van der Waals surface area contributed by atoms with Crippen LogP contribution in [0.3, 0.4) is 0 Å². The minimum Gasteiger partial charge on any atom is -0.470 e. The maximum Gasteiger partial charge on any atom is 0.269 e. The van der Waals surface area contributed by atoms with Gasteiger partial charge in [-0.2, -0.15) is 10.2 Å². The number of halogens is 1. The average Bonchev–Trinajstić information content (AvgIpc) is 3.55. The normalized spacial score (nSPS) is 10.8. The zero-order valence-electron chi connectivity index (χ0n) is 18.7. The number of nitrogens with zero attached hydrogens (tertiary/aromatic N) is 4. The summed E-state index contributed by atoms with van der Waals surface area (Å²) in [7, 11) is 0. The molecule has 5 aromatic rings. The van der Waals surface area contributed by atoms with Crippen LogP contribution in [0.2, 0.25) is 5.02 Å². The van der Waals surface area contributed by atoms with Gasteiger partial charge in [-0.05, 0) is 30.3 Å². The molecular weight excluding hydrogens is 462 g/mol. The second-order valence-corrected chi connectivity index (χ2v) is 8.16. The van der Waals surface area contributed by atoms with E-state index in [9.17, 15) is 4.79 Å². The van der Waals surface area contributed by atoms with Gasteiger partial charge in [-0.3, -0.25) is 4.79 Å². The Balaban J connectivity index is 1.33. The summed E-state index contributed by atoms with van der Waals surface area (Å²) in [5.41, 5.74) is 4.01. The summed E-state index contributed by atoms with van der Waals surface area (Å²) >= 11 is 6.15. The number of hydrogen-bond acceptors (Lipinski definition) is 4. The number of para-hydroxylation sites is 2. The van der Waals surface area contributed by atoms with Gasteiger partial charge in [0, 0.05) is 30.1 Å². The highest BCUT2D eigenvalue weighted by molar-refractivity contribution is 6.32. The maximum absolute atomic E-state index is 13.0. The third kappa shape index (κ3) is 5.10. The number of ether oxygens (including phenoxy) is 1. The highest BCUT2D eigenvalue weighted by Crippen LogP contribution is 2.25. The van der Waals surface area contributed by atoms with Crippen molar-refractivity contribution in [1.82, 2.24) is 24.9 Å². The molecule has 8 heteroatoms. The number of hydrogen-bond donors (Lipinski definition) is 1. The minimum atomic E-state index is -0.267. The summed E-state index contributed by atoms with van der Waals surface area (Å²) in [6, 6.07) is 28.6. The van der Waals surface area contributed by atoms with Gasteiger partial charge in [0.1, 0.15) is 11.4 Å². The summed E-state index contributed by atoms with van der Waals surface area (Å²) in [5, 5.41) is 12.5. The zero-order chi connectivity index (χ0) is 24.0. The van der Waals surface area contributed by atoms with Gasteiger partial charge in [0.15, 0.2) is 6.73 Å². The standard InChI is InChI=1S/C27H22ClN5O2/c28-23-13-7-8-14-25(23)35-19-33-24(15-16-30-33)27(34)29-17-21-18-32(22-11-5-2-6-12-22)31-26(21)20-9-3-1-4-10-20/h1-16,18H,17,19H2,(H,29,34). The molecule has 0 fully saturated rings. The van der Waals surface area contributed by atoms with Gasteiger partial charge >= 0.3 is 0 Å². The second kappa shape index (κ2) is 10.3. The van der Waals surface area contributed by atoms with E-state index in [1.807, 2.05) is 83.7 Å². The third-order valence-corrected chi connectivity index (χ3v) is 5.74. The summed E-state index contributed by atoms with van der Waals surface area (Å²) in [6.07, 6.45) is 3.50. The average molecular weight is 484 g/mol. The van der Waals surface area contributed by atoms with Gasteiger partial charge in [-0.25, -0.2) is 9.36 Å². The van der Waals surface area contributed by atoms with Crippen LogP contribution in [0.15, 0.2) is 103 Å². The fraction of sp³-hybridized carbons (Fsp3) is 0.0741. The van der Waals surface area contributed by atoms with Crippen molar-refractivity contribution in [3.8, 4) is 22.7 Å². The van der Waals surface area contributed by atoms with Gasteiger partial charge in [0.2, 0.25) is 0 Å². The van der Waals surface area contributed by atoms with Crippen molar-refractivity contribution < 1.29 is 9.53 Å². The number of carbonyl (C=O) groups excluding carboxylic acids is 1. The number of aromatic nitrogens is 4. The number of benzene rings is 3. The number of rotatable bonds is 8. The van der Waals surface area contributed by atoms with Crippen molar-refractivity contribution in [3.63, 3.8) is 0 Å². The Morgan fingerprint density at radius 3 is 2.40 bits per heavy atom. The molecule has 0 spiro atoms. The molecule has 0 aliphatic carbocycles. The molecule has 2 heterocycles. The first kappa shape index (κ1) is 22.4. The fourth-order valence-corrected chi connectivity index (χ4v) is 3.87. The highest BCUT2D eigenvalue weighted by Gasteiger charge is 2.16. The lowest BCUT2D eigenvalue weighted by atomic mass is 10.1. The van der Waals surface area contributed by atoms with Gasteiger partial charge in [-0.15, -0.1) is 0 Å². The summed E-state index contributed by atoms with van der Waals surface area (Å²) < 4.78 is 9.05. The summed E-state index contributed by atoms with van der Waals surface area (Å²) in [6.45, 7) is 0.354. The molecule has 0 unspecified atom stereocenters. The molecule has 174 valence electrons. The molecule has 7 nitrogen and oxygen atoms in total. The largest absolute Gasteiger partial charge is 0.470 e. The van der Waals surface area contributed by atoms with Crippen LogP contribution in [-0.4, -0.2) is 25.5 Å². The molecule has 1 N–H and O–H groups in total. The van der Waals surface area contributed by atoms with Crippen molar-refractivity contribution in [1.29, 1.82) is 0 Å². The molecule has 0 aliphatic rings. The van der Waals surface area contributed by atoms with Crippen LogP contribution >= 0.6 is 11.6 Å². The van der Waals surface area contributed by atoms with E-state index in [4.69, 9.17) is 21.4 Å². The molecule has 35 heavy (non-hydrogen) atoms. The van der Waals surface area contributed by atoms with Crippen molar-refractivity contribution in [2.45, 2.75) is 13.3 Å². The van der Waals surface area contributed by atoms with E-state index in [1.165, 1.54) is 4.68 Å². The molecule has 0 aliphatic heterocycles. The Labute approximate surface area is 207 Å². The van der Waals surface area contributed by atoms with Crippen molar-refractivity contribution in [2.24, 2.45) is 0 Å². The fourth-order valence-electron chi connectivity index (χ4n) is 3.68. The van der Waals surface area contributed by atoms with E-state index in [0.717, 1.165) is 22.5 Å². The molecule has 3 aromatic carbocycles. The molecule has 0 bridgehead atoms. The predicted octanol–water partition coefficient (Wildman–Crippen LogP) is 5.36. The SMILES string of the molecule is O=C(NCc1cn(-c2ccccc2)nc1-c1ccccc1)c1ccnn1COc1ccccc1Cl. The van der Waals surface area contributed by atoms with Crippen LogP contribution in [0, 0.1) is 0 Å². The Hall–Kier alpha value is -4.36. The van der Waals surface area contributed by atoms with E-state index in [2.05, 4.69) is 10.4 Å². The molecule has 0 radical (unpaired) electrons. The third-order valence-electron chi connectivity index (χ3n) is 5.43. The van der Waals surface area contributed by atoms with Gasteiger partial charge in [0.05, 0.1) is 16.4 Å². The van der Waals surface area contributed by atoms with Crippen molar-refractivity contribution >= 4 is 17.5 Å². The Morgan fingerprint density at radius 1 is 0.914 bits per heavy atom.